The highest BCUT2D eigenvalue weighted by atomic mass is 16.5. The maximum absolute atomic E-state index is 8.84. The maximum Gasteiger partial charge on any atom is 0.119 e. The third-order valence-electron chi connectivity index (χ3n) is 5.90. The fraction of sp³-hybridized carbons (Fsp3) is 0.480. The minimum absolute atomic E-state index is 0.566. The summed E-state index contributed by atoms with van der Waals surface area (Å²) in [6, 6.07) is 18.4. The van der Waals surface area contributed by atoms with Crippen LogP contribution in [0.1, 0.15) is 80.9 Å². The lowest BCUT2D eigenvalue weighted by Gasteiger charge is -2.29. The second-order valence-electron chi connectivity index (χ2n) is 7.88. The van der Waals surface area contributed by atoms with Crippen molar-refractivity contribution in [2.75, 3.05) is 0 Å². The van der Waals surface area contributed by atoms with Crippen LogP contribution in [-0.4, -0.2) is 0 Å². The molecule has 0 heterocycles. The van der Waals surface area contributed by atoms with Crippen molar-refractivity contribution in [3.05, 3.63) is 65.2 Å². The van der Waals surface area contributed by atoms with E-state index < -0.39 is 0 Å². The van der Waals surface area contributed by atoms with Crippen LogP contribution in [-0.2, 0) is 6.61 Å². The van der Waals surface area contributed by atoms with Crippen LogP contribution in [0.3, 0.4) is 0 Å². The molecular weight excluding hydrogens is 330 g/mol. The first kappa shape index (κ1) is 19.5. The smallest absolute Gasteiger partial charge is 0.119 e. The molecule has 27 heavy (non-hydrogen) atoms. The second-order valence-corrected chi connectivity index (χ2v) is 7.88. The first-order valence-electron chi connectivity index (χ1n) is 10.5. The summed E-state index contributed by atoms with van der Waals surface area (Å²) in [6.07, 6.45) is 11.1. The molecule has 0 aliphatic heterocycles. The lowest BCUT2D eigenvalue weighted by atomic mass is 9.77. The lowest BCUT2D eigenvalue weighted by molar-refractivity contribution is 0.301. The number of benzene rings is 2. The average Bonchev–Trinajstić information content (AvgIpc) is 2.74. The van der Waals surface area contributed by atoms with Crippen molar-refractivity contribution in [1.82, 2.24) is 0 Å². The normalized spacial score (nSPS) is 19.4. The Hall–Kier alpha value is -2.27. The van der Waals surface area contributed by atoms with Gasteiger partial charge in [0.2, 0.25) is 0 Å². The van der Waals surface area contributed by atoms with Gasteiger partial charge in [-0.2, -0.15) is 5.26 Å². The third kappa shape index (κ3) is 5.86. The van der Waals surface area contributed by atoms with E-state index in [1.165, 1.54) is 62.5 Å². The van der Waals surface area contributed by atoms with Crippen LogP contribution in [0.25, 0.3) is 0 Å². The molecule has 2 aromatic carbocycles. The highest BCUT2D eigenvalue weighted by Crippen LogP contribution is 2.37. The molecule has 0 aromatic heterocycles. The van der Waals surface area contributed by atoms with Crippen molar-refractivity contribution in [1.29, 1.82) is 5.26 Å². The Bertz CT molecular complexity index is 718. The minimum Gasteiger partial charge on any atom is -0.489 e. The number of ether oxygens (including phenoxy) is 1. The molecule has 1 fully saturated rings. The molecule has 2 nitrogen and oxygen atoms in total. The van der Waals surface area contributed by atoms with Gasteiger partial charge in [0.05, 0.1) is 11.6 Å². The van der Waals surface area contributed by atoms with Crippen molar-refractivity contribution in [3.8, 4) is 11.8 Å². The van der Waals surface area contributed by atoms with E-state index in [4.69, 9.17) is 10.00 Å². The zero-order chi connectivity index (χ0) is 18.9. The first-order chi connectivity index (χ1) is 13.3. The van der Waals surface area contributed by atoms with E-state index in [1.807, 2.05) is 12.1 Å². The predicted molar refractivity (Wildman–Crippen MR) is 111 cm³/mol. The van der Waals surface area contributed by atoms with E-state index in [0.717, 1.165) is 17.6 Å². The van der Waals surface area contributed by atoms with Crippen LogP contribution in [0.2, 0.25) is 0 Å². The minimum atomic E-state index is 0.566. The van der Waals surface area contributed by atoms with Gasteiger partial charge < -0.3 is 4.74 Å². The number of nitriles is 1. The van der Waals surface area contributed by atoms with Gasteiger partial charge in [-0.1, -0.05) is 56.9 Å². The Morgan fingerprint density at radius 1 is 0.926 bits per heavy atom. The van der Waals surface area contributed by atoms with Crippen molar-refractivity contribution in [2.45, 2.75) is 70.8 Å². The van der Waals surface area contributed by atoms with Gasteiger partial charge in [-0.05, 0) is 72.9 Å². The van der Waals surface area contributed by atoms with Crippen LogP contribution in [0.15, 0.2) is 48.5 Å². The molecule has 0 amide bonds. The Balaban J connectivity index is 1.45. The molecule has 142 valence electrons. The summed E-state index contributed by atoms with van der Waals surface area (Å²) in [4.78, 5) is 0. The molecule has 0 spiro atoms. The predicted octanol–water partition coefficient (Wildman–Crippen LogP) is 6.99. The monoisotopic (exact) mass is 361 g/mol. The van der Waals surface area contributed by atoms with Gasteiger partial charge in [0.1, 0.15) is 12.4 Å². The molecule has 3 rings (SSSR count). The van der Waals surface area contributed by atoms with E-state index in [1.54, 1.807) is 12.1 Å². The number of nitrogens with zero attached hydrogens (tertiary/aromatic N) is 1. The van der Waals surface area contributed by atoms with Gasteiger partial charge in [0.25, 0.3) is 0 Å². The zero-order valence-electron chi connectivity index (χ0n) is 16.5. The van der Waals surface area contributed by atoms with Crippen molar-refractivity contribution < 1.29 is 4.74 Å². The summed E-state index contributed by atoms with van der Waals surface area (Å²) < 4.78 is 5.83. The van der Waals surface area contributed by atoms with E-state index in [9.17, 15) is 0 Å². The summed E-state index contributed by atoms with van der Waals surface area (Å²) in [5.41, 5.74) is 3.34. The molecule has 0 radical (unpaired) electrons. The van der Waals surface area contributed by atoms with Crippen LogP contribution in [0, 0.1) is 17.2 Å². The van der Waals surface area contributed by atoms with Crippen molar-refractivity contribution >= 4 is 0 Å². The molecule has 2 heteroatoms. The van der Waals surface area contributed by atoms with Crippen LogP contribution in [0.5, 0.6) is 5.75 Å². The summed E-state index contributed by atoms with van der Waals surface area (Å²) in [5, 5.41) is 8.84. The van der Waals surface area contributed by atoms with Crippen LogP contribution in [0.4, 0.5) is 0 Å². The number of unbranched alkanes of at least 4 members (excludes halogenated alkanes) is 2. The molecule has 0 unspecified atom stereocenters. The lowest BCUT2D eigenvalue weighted by Crippen LogP contribution is -2.13. The zero-order valence-corrected chi connectivity index (χ0v) is 16.5. The third-order valence-corrected chi connectivity index (χ3v) is 5.90. The summed E-state index contributed by atoms with van der Waals surface area (Å²) in [7, 11) is 0. The molecule has 0 N–H and O–H groups in total. The second kappa shape index (κ2) is 10.2. The van der Waals surface area contributed by atoms with Crippen molar-refractivity contribution in [3.63, 3.8) is 0 Å². The van der Waals surface area contributed by atoms with Crippen LogP contribution >= 0.6 is 0 Å². The van der Waals surface area contributed by atoms with E-state index >= 15 is 0 Å². The molecule has 1 saturated carbocycles. The molecular formula is C25H31NO. The fourth-order valence-corrected chi connectivity index (χ4v) is 4.15. The SMILES string of the molecule is CCCCC[C@H]1CC[C@H](c2ccc(COc3ccc(C#N)cc3)cc2)CC1. The number of rotatable bonds is 8. The topological polar surface area (TPSA) is 33.0 Å². The molecule has 2 aromatic rings. The molecule has 0 saturated heterocycles. The Morgan fingerprint density at radius 3 is 2.26 bits per heavy atom. The van der Waals surface area contributed by atoms with Gasteiger partial charge in [-0.25, -0.2) is 0 Å². The quantitative estimate of drug-likeness (QED) is 0.475. The van der Waals surface area contributed by atoms with E-state index in [2.05, 4.69) is 37.3 Å². The summed E-state index contributed by atoms with van der Waals surface area (Å²) in [6.45, 7) is 2.85. The Labute approximate surface area is 164 Å². The van der Waals surface area contributed by atoms with Gasteiger partial charge >= 0.3 is 0 Å². The number of hydrogen-bond donors (Lipinski definition) is 0. The van der Waals surface area contributed by atoms with Crippen molar-refractivity contribution in [2.24, 2.45) is 5.92 Å². The summed E-state index contributed by atoms with van der Waals surface area (Å²) in [5.74, 6) is 2.51. The Kier molecular flexibility index (Phi) is 7.34. The van der Waals surface area contributed by atoms with Gasteiger partial charge in [0, 0.05) is 0 Å². The van der Waals surface area contributed by atoms with E-state index in [0.29, 0.717) is 12.2 Å². The van der Waals surface area contributed by atoms with Gasteiger partial charge in [0.15, 0.2) is 0 Å². The highest BCUT2D eigenvalue weighted by molar-refractivity contribution is 5.34. The molecule has 0 atom stereocenters. The largest absolute Gasteiger partial charge is 0.489 e. The molecule has 1 aliphatic rings. The molecule has 1 aliphatic carbocycles. The highest BCUT2D eigenvalue weighted by Gasteiger charge is 2.21. The summed E-state index contributed by atoms with van der Waals surface area (Å²) >= 11 is 0. The van der Waals surface area contributed by atoms with Crippen LogP contribution < -0.4 is 4.74 Å². The van der Waals surface area contributed by atoms with E-state index in [-0.39, 0.29) is 0 Å². The molecule has 0 bridgehead atoms. The van der Waals surface area contributed by atoms with Gasteiger partial charge in [-0.3, -0.25) is 0 Å². The Morgan fingerprint density at radius 2 is 1.63 bits per heavy atom. The first-order valence-corrected chi connectivity index (χ1v) is 10.5. The fourth-order valence-electron chi connectivity index (χ4n) is 4.15. The maximum atomic E-state index is 8.84. The standard InChI is InChI=1S/C25H31NO/c1-2-3-4-5-20-6-12-23(13-7-20)24-14-8-22(9-15-24)19-27-25-16-10-21(18-26)11-17-25/h8-11,14-17,20,23H,2-7,12-13,19H2,1H3/t20-,23-. The van der Waals surface area contributed by atoms with Gasteiger partial charge in [-0.15, -0.1) is 0 Å². The average molecular weight is 362 g/mol. The number of hydrogen-bond acceptors (Lipinski definition) is 2.